The molecule has 3 nitrogen and oxygen atoms in total. The van der Waals surface area contributed by atoms with Gasteiger partial charge < -0.3 is 10.3 Å². The fourth-order valence-electron chi connectivity index (χ4n) is 1.53. The van der Waals surface area contributed by atoms with Gasteiger partial charge in [-0.05, 0) is 5.56 Å². The van der Waals surface area contributed by atoms with Crippen molar-refractivity contribution in [3.8, 4) is 0 Å². The van der Waals surface area contributed by atoms with Crippen LogP contribution in [-0.2, 0) is 13.1 Å². The quantitative estimate of drug-likeness (QED) is 0.813. The number of rotatable bonds is 4. The summed E-state index contributed by atoms with van der Waals surface area (Å²) in [5, 5.41) is 3.24. The second-order valence-corrected chi connectivity index (χ2v) is 3.62. The van der Waals surface area contributed by atoms with Gasteiger partial charge in [-0.1, -0.05) is 30.3 Å². The highest BCUT2D eigenvalue weighted by Crippen LogP contribution is 1.97. The van der Waals surface area contributed by atoms with E-state index in [0.717, 1.165) is 12.1 Å². The first kappa shape index (κ1) is 10.6. The lowest BCUT2D eigenvalue weighted by atomic mass is 10.2. The number of hydrogen-bond acceptors (Lipinski definition) is 2. The van der Waals surface area contributed by atoms with E-state index < -0.39 is 0 Å². The van der Waals surface area contributed by atoms with Gasteiger partial charge in [0.2, 0.25) is 0 Å². The Kier molecular flexibility index (Phi) is 3.51. The van der Waals surface area contributed by atoms with Crippen molar-refractivity contribution in [3.63, 3.8) is 0 Å². The van der Waals surface area contributed by atoms with E-state index in [1.165, 1.54) is 5.56 Å². The lowest BCUT2D eigenvalue weighted by molar-refractivity contribution is 0.688. The van der Waals surface area contributed by atoms with E-state index in [0.29, 0.717) is 6.54 Å². The van der Waals surface area contributed by atoms with E-state index in [2.05, 4.69) is 22.4 Å². The Morgan fingerprint density at radius 1 is 1.06 bits per heavy atom. The number of aromatic nitrogens is 1. The molecule has 0 spiro atoms. The summed E-state index contributed by atoms with van der Waals surface area (Å²) in [6.45, 7) is 1.36. The summed E-state index contributed by atoms with van der Waals surface area (Å²) >= 11 is 0. The third-order valence-corrected chi connectivity index (χ3v) is 2.39. The van der Waals surface area contributed by atoms with E-state index in [-0.39, 0.29) is 5.43 Å². The third-order valence-electron chi connectivity index (χ3n) is 2.39. The number of hydrogen-bond donors (Lipinski definition) is 2. The lowest BCUT2D eigenvalue weighted by Gasteiger charge is -2.03. The van der Waals surface area contributed by atoms with Crippen molar-refractivity contribution in [2.24, 2.45) is 0 Å². The van der Waals surface area contributed by atoms with Gasteiger partial charge in [0.05, 0.1) is 0 Å². The Morgan fingerprint density at radius 2 is 1.88 bits per heavy atom. The van der Waals surface area contributed by atoms with Gasteiger partial charge in [0.1, 0.15) is 0 Å². The van der Waals surface area contributed by atoms with Crippen molar-refractivity contribution < 1.29 is 0 Å². The molecule has 0 fully saturated rings. The maximum absolute atomic E-state index is 11.4. The van der Waals surface area contributed by atoms with Crippen molar-refractivity contribution in [1.29, 1.82) is 0 Å². The van der Waals surface area contributed by atoms with Crippen molar-refractivity contribution in [3.05, 3.63) is 70.1 Å². The lowest BCUT2D eigenvalue weighted by Crippen LogP contribution is -2.18. The molecule has 0 saturated carbocycles. The summed E-state index contributed by atoms with van der Waals surface area (Å²) in [4.78, 5) is 14.3. The molecule has 0 aliphatic heterocycles. The molecule has 0 saturated heterocycles. The largest absolute Gasteiger partial charge is 0.367 e. The highest BCUT2D eigenvalue weighted by atomic mass is 16.1. The zero-order chi connectivity index (χ0) is 11.2. The zero-order valence-corrected chi connectivity index (χ0v) is 8.94. The van der Waals surface area contributed by atoms with Gasteiger partial charge in [-0.3, -0.25) is 4.79 Å². The van der Waals surface area contributed by atoms with E-state index in [9.17, 15) is 4.79 Å². The number of pyridine rings is 1. The van der Waals surface area contributed by atoms with Gasteiger partial charge in [-0.15, -0.1) is 0 Å². The normalized spacial score (nSPS) is 10.2. The Bertz CT molecular complexity index is 491. The molecule has 0 amide bonds. The van der Waals surface area contributed by atoms with E-state index in [1.807, 2.05) is 18.2 Å². The van der Waals surface area contributed by atoms with E-state index in [1.54, 1.807) is 18.5 Å². The molecule has 16 heavy (non-hydrogen) atoms. The van der Waals surface area contributed by atoms with Crippen molar-refractivity contribution in [2.75, 3.05) is 0 Å². The van der Waals surface area contributed by atoms with Crippen LogP contribution in [0, 0.1) is 0 Å². The van der Waals surface area contributed by atoms with Gasteiger partial charge >= 0.3 is 0 Å². The standard InChI is InChI=1S/C13H14N2O/c16-13-6-7-14-9-12(13)10-15-8-11-4-2-1-3-5-11/h1-7,9,15H,8,10H2,(H,14,16). The fraction of sp³-hybridized carbons (Fsp3) is 0.154. The first-order valence-electron chi connectivity index (χ1n) is 5.27. The molecule has 1 aromatic heterocycles. The van der Waals surface area contributed by atoms with Crippen molar-refractivity contribution in [2.45, 2.75) is 13.1 Å². The highest BCUT2D eigenvalue weighted by molar-refractivity contribution is 5.15. The monoisotopic (exact) mass is 214 g/mol. The maximum atomic E-state index is 11.4. The molecule has 0 bridgehead atoms. The van der Waals surface area contributed by atoms with Crippen molar-refractivity contribution in [1.82, 2.24) is 10.3 Å². The minimum Gasteiger partial charge on any atom is -0.367 e. The fourth-order valence-corrected chi connectivity index (χ4v) is 1.53. The van der Waals surface area contributed by atoms with Crippen LogP contribution in [0.2, 0.25) is 0 Å². The third kappa shape index (κ3) is 2.81. The average Bonchev–Trinajstić information content (AvgIpc) is 2.33. The van der Waals surface area contributed by atoms with Gasteiger partial charge in [-0.2, -0.15) is 0 Å². The minimum absolute atomic E-state index is 0.0688. The van der Waals surface area contributed by atoms with Crippen LogP contribution < -0.4 is 10.7 Å². The summed E-state index contributed by atoms with van der Waals surface area (Å²) in [5.74, 6) is 0. The number of aromatic amines is 1. The molecule has 0 aliphatic carbocycles. The minimum atomic E-state index is 0.0688. The highest BCUT2D eigenvalue weighted by Gasteiger charge is 1.97. The summed E-state index contributed by atoms with van der Waals surface area (Å²) in [5.41, 5.74) is 2.05. The van der Waals surface area contributed by atoms with Crippen LogP contribution in [0.15, 0.2) is 53.6 Å². The van der Waals surface area contributed by atoms with Crippen LogP contribution >= 0.6 is 0 Å². The second-order valence-electron chi connectivity index (χ2n) is 3.62. The summed E-state index contributed by atoms with van der Waals surface area (Å²) < 4.78 is 0. The zero-order valence-electron chi connectivity index (χ0n) is 8.94. The molecule has 1 heterocycles. The van der Waals surface area contributed by atoms with Crippen LogP contribution in [0.25, 0.3) is 0 Å². The topological polar surface area (TPSA) is 44.9 Å². The molecule has 0 unspecified atom stereocenters. The number of nitrogens with one attached hydrogen (secondary N) is 2. The molecular formula is C13H14N2O. The molecule has 2 aromatic rings. The smallest absolute Gasteiger partial charge is 0.186 e. The van der Waals surface area contributed by atoms with Gasteiger partial charge in [0.15, 0.2) is 5.43 Å². The summed E-state index contributed by atoms with van der Waals surface area (Å²) in [7, 11) is 0. The first-order valence-corrected chi connectivity index (χ1v) is 5.27. The van der Waals surface area contributed by atoms with Crippen LogP contribution in [0.3, 0.4) is 0 Å². The second kappa shape index (κ2) is 5.28. The van der Waals surface area contributed by atoms with Gasteiger partial charge in [0, 0.05) is 37.1 Å². The summed E-state index contributed by atoms with van der Waals surface area (Å²) in [6, 6.07) is 11.7. The van der Waals surface area contributed by atoms with Gasteiger partial charge in [-0.25, -0.2) is 0 Å². The molecule has 82 valence electrons. The van der Waals surface area contributed by atoms with Crippen LogP contribution in [0.1, 0.15) is 11.1 Å². The molecule has 2 N–H and O–H groups in total. The molecular weight excluding hydrogens is 200 g/mol. The molecule has 3 heteroatoms. The molecule has 0 aliphatic rings. The van der Waals surface area contributed by atoms with Gasteiger partial charge in [0.25, 0.3) is 0 Å². The molecule has 1 aromatic carbocycles. The van der Waals surface area contributed by atoms with Crippen molar-refractivity contribution >= 4 is 0 Å². The summed E-state index contributed by atoms with van der Waals surface area (Å²) in [6.07, 6.45) is 3.38. The average molecular weight is 214 g/mol. The first-order chi connectivity index (χ1) is 7.86. The SMILES string of the molecule is O=c1cc[nH]cc1CNCc1ccccc1. The Hall–Kier alpha value is -1.87. The molecule has 2 rings (SSSR count). The maximum Gasteiger partial charge on any atom is 0.186 e. The van der Waals surface area contributed by atoms with Crippen LogP contribution in [0.5, 0.6) is 0 Å². The Morgan fingerprint density at radius 3 is 2.62 bits per heavy atom. The Labute approximate surface area is 94.1 Å². The molecule has 0 radical (unpaired) electrons. The van der Waals surface area contributed by atoms with Crippen LogP contribution in [-0.4, -0.2) is 4.98 Å². The Balaban J connectivity index is 1.90. The van der Waals surface area contributed by atoms with E-state index in [4.69, 9.17) is 0 Å². The number of H-pyrrole nitrogens is 1. The van der Waals surface area contributed by atoms with Crippen LogP contribution in [0.4, 0.5) is 0 Å². The molecule has 0 atom stereocenters. The predicted molar refractivity (Wildman–Crippen MR) is 64.0 cm³/mol. The predicted octanol–water partition coefficient (Wildman–Crippen LogP) is 1.66. The number of benzene rings is 1. The van der Waals surface area contributed by atoms with E-state index >= 15 is 0 Å².